The molecule has 2 saturated carbocycles. The van der Waals surface area contributed by atoms with Crippen molar-refractivity contribution in [1.82, 2.24) is 9.88 Å². The predicted octanol–water partition coefficient (Wildman–Crippen LogP) is 5.45. The molecule has 0 atom stereocenters. The van der Waals surface area contributed by atoms with Gasteiger partial charge in [-0.15, -0.1) is 22.7 Å². The summed E-state index contributed by atoms with van der Waals surface area (Å²) in [6.07, 6.45) is 8.50. The fourth-order valence-electron chi connectivity index (χ4n) is 3.83. The molecular formula is C19H24N2OS2. The Morgan fingerprint density at radius 3 is 2.46 bits per heavy atom. The van der Waals surface area contributed by atoms with Crippen molar-refractivity contribution in [2.24, 2.45) is 5.92 Å². The first-order valence-electron chi connectivity index (χ1n) is 9.08. The van der Waals surface area contributed by atoms with E-state index in [4.69, 9.17) is 0 Å². The molecular weight excluding hydrogens is 336 g/mol. The Hall–Kier alpha value is -1.20. The van der Waals surface area contributed by atoms with Crippen molar-refractivity contribution in [1.29, 1.82) is 0 Å². The van der Waals surface area contributed by atoms with Gasteiger partial charge in [-0.05, 0) is 55.9 Å². The summed E-state index contributed by atoms with van der Waals surface area (Å²) in [6.45, 7) is 2.29. The molecule has 0 aromatic carbocycles. The normalized spacial score (nSPS) is 24.0. The minimum atomic E-state index is 0.163. The first-order chi connectivity index (χ1) is 11.8. The van der Waals surface area contributed by atoms with E-state index in [9.17, 15) is 4.79 Å². The van der Waals surface area contributed by atoms with E-state index < -0.39 is 0 Å². The topological polar surface area (TPSA) is 33.2 Å². The molecule has 2 heterocycles. The van der Waals surface area contributed by atoms with Gasteiger partial charge in [0.15, 0.2) is 0 Å². The number of nitrogens with zero attached hydrogens (tertiary/aromatic N) is 2. The van der Waals surface area contributed by atoms with E-state index >= 15 is 0 Å². The molecule has 0 spiro atoms. The van der Waals surface area contributed by atoms with Crippen LogP contribution >= 0.6 is 22.7 Å². The van der Waals surface area contributed by atoms with Crippen molar-refractivity contribution in [3.63, 3.8) is 0 Å². The monoisotopic (exact) mass is 360 g/mol. The highest BCUT2D eigenvalue weighted by molar-refractivity contribution is 7.20. The van der Waals surface area contributed by atoms with Gasteiger partial charge >= 0.3 is 0 Å². The fourth-order valence-corrected chi connectivity index (χ4v) is 5.44. The van der Waals surface area contributed by atoms with Gasteiger partial charge in [-0.2, -0.15) is 0 Å². The third-order valence-corrected chi connectivity index (χ3v) is 7.30. The summed E-state index contributed by atoms with van der Waals surface area (Å²) in [5, 5.41) is 4.98. The second-order valence-electron chi connectivity index (χ2n) is 7.04. The molecule has 128 valence electrons. The van der Waals surface area contributed by atoms with Crippen LogP contribution in [0.25, 0.3) is 9.88 Å². The molecule has 5 heteroatoms. The Balaban J connectivity index is 1.51. The van der Waals surface area contributed by atoms with Crippen LogP contribution in [-0.4, -0.2) is 27.9 Å². The van der Waals surface area contributed by atoms with Gasteiger partial charge in [-0.3, -0.25) is 4.79 Å². The number of carbonyl (C=O) groups excluding carboxylic acids is 1. The van der Waals surface area contributed by atoms with Crippen molar-refractivity contribution >= 4 is 28.6 Å². The number of hydrogen-bond acceptors (Lipinski definition) is 4. The largest absolute Gasteiger partial charge is 0.331 e. The Kier molecular flexibility index (Phi) is 4.72. The van der Waals surface area contributed by atoms with Crippen molar-refractivity contribution in [2.75, 3.05) is 0 Å². The van der Waals surface area contributed by atoms with E-state index in [0.29, 0.717) is 17.8 Å². The van der Waals surface area contributed by atoms with Crippen LogP contribution < -0.4 is 0 Å². The van der Waals surface area contributed by atoms with Crippen LogP contribution in [0.2, 0.25) is 0 Å². The fraction of sp³-hybridized carbons (Fsp3) is 0.579. The quantitative estimate of drug-likeness (QED) is 0.711. The van der Waals surface area contributed by atoms with Gasteiger partial charge in [0.1, 0.15) is 10.7 Å². The Morgan fingerprint density at radius 1 is 1.17 bits per heavy atom. The highest BCUT2D eigenvalue weighted by Gasteiger charge is 2.39. The molecule has 2 aliphatic rings. The van der Waals surface area contributed by atoms with Crippen LogP contribution in [-0.2, 0) is 0 Å². The van der Waals surface area contributed by atoms with Crippen molar-refractivity contribution in [3.8, 4) is 9.88 Å². The number of aromatic nitrogens is 1. The van der Waals surface area contributed by atoms with Crippen LogP contribution in [0.3, 0.4) is 0 Å². The molecule has 2 aromatic rings. The van der Waals surface area contributed by atoms with Gasteiger partial charge in [0, 0.05) is 17.5 Å². The van der Waals surface area contributed by atoms with Crippen molar-refractivity contribution < 1.29 is 4.79 Å². The standard InChI is InChI=1S/C19H24N2OS2/c1-2-13-5-7-14(8-6-13)21(15-9-10-15)19(22)16-12-24-18(20-16)17-4-3-11-23-17/h3-4,11-15H,2,5-10H2,1H3. The summed E-state index contributed by atoms with van der Waals surface area (Å²) < 4.78 is 0. The average molecular weight is 361 g/mol. The van der Waals surface area contributed by atoms with E-state index in [1.807, 2.05) is 11.4 Å². The van der Waals surface area contributed by atoms with Gasteiger partial charge in [-0.1, -0.05) is 19.4 Å². The minimum Gasteiger partial charge on any atom is -0.331 e. The molecule has 1 amide bonds. The van der Waals surface area contributed by atoms with Gasteiger partial charge in [0.2, 0.25) is 0 Å². The van der Waals surface area contributed by atoms with Crippen molar-refractivity contribution in [2.45, 2.75) is 64.0 Å². The summed E-state index contributed by atoms with van der Waals surface area (Å²) >= 11 is 3.27. The number of thiophene rings is 1. The highest BCUT2D eigenvalue weighted by atomic mass is 32.1. The van der Waals surface area contributed by atoms with Crippen molar-refractivity contribution in [3.05, 3.63) is 28.6 Å². The second kappa shape index (κ2) is 6.96. The lowest BCUT2D eigenvalue weighted by atomic mass is 9.84. The molecule has 0 aliphatic heterocycles. The number of carbonyl (C=O) groups is 1. The molecule has 0 unspecified atom stereocenters. The van der Waals surface area contributed by atoms with Crippen LogP contribution in [0.5, 0.6) is 0 Å². The molecule has 0 radical (unpaired) electrons. The van der Waals surface area contributed by atoms with E-state index in [1.165, 1.54) is 44.9 Å². The van der Waals surface area contributed by atoms with Gasteiger partial charge in [0.25, 0.3) is 5.91 Å². The van der Waals surface area contributed by atoms with E-state index in [0.717, 1.165) is 15.8 Å². The Labute approximate surface area is 151 Å². The second-order valence-corrected chi connectivity index (χ2v) is 8.85. The zero-order valence-electron chi connectivity index (χ0n) is 14.1. The molecule has 0 saturated heterocycles. The summed E-state index contributed by atoms with van der Waals surface area (Å²) in [5.74, 6) is 1.03. The number of rotatable bonds is 5. The number of amides is 1. The molecule has 3 nitrogen and oxygen atoms in total. The first-order valence-corrected chi connectivity index (χ1v) is 10.8. The van der Waals surface area contributed by atoms with Crippen LogP contribution in [0.4, 0.5) is 0 Å². The van der Waals surface area contributed by atoms with Gasteiger partial charge < -0.3 is 4.90 Å². The smallest absolute Gasteiger partial charge is 0.273 e. The number of thiazole rings is 1. The lowest BCUT2D eigenvalue weighted by molar-refractivity contribution is 0.0582. The van der Waals surface area contributed by atoms with Crippen LogP contribution in [0.15, 0.2) is 22.9 Å². The maximum atomic E-state index is 13.1. The number of hydrogen-bond donors (Lipinski definition) is 0. The highest BCUT2D eigenvalue weighted by Crippen LogP contribution is 2.37. The third-order valence-electron chi connectivity index (χ3n) is 5.42. The Morgan fingerprint density at radius 2 is 1.88 bits per heavy atom. The lowest BCUT2D eigenvalue weighted by Gasteiger charge is -2.36. The van der Waals surface area contributed by atoms with Crippen LogP contribution in [0, 0.1) is 5.92 Å². The zero-order valence-corrected chi connectivity index (χ0v) is 15.7. The van der Waals surface area contributed by atoms with E-state index in [-0.39, 0.29) is 5.91 Å². The summed E-state index contributed by atoms with van der Waals surface area (Å²) in [5.41, 5.74) is 0.646. The summed E-state index contributed by atoms with van der Waals surface area (Å²) in [6, 6.07) is 5.00. The summed E-state index contributed by atoms with van der Waals surface area (Å²) in [4.78, 5) is 21.1. The molecule has 0 N–H and O–H groups in total. The molecule has 4 rings (SSSR count). The molecule has 24 heavy (non-hydrogen) atoms. The molecule has 2 aromatic heterocycles. The molecule has 0 bridgehead atoms. The van der Waals surface area contributed by atoms with Gasteiger partial charge in [0.05, 0.1) is 4.88 Å². The van der Waals surface area contributed by atoms with Gasteiger partial charge in [-0.25, -0.2) is 4.98 Å². The first kappa shape index (κ1) is 16.3. The Bertz CT molecular complexity index is 682. The molecule has 2 fully saturated rings. The zero-order chi connectivity index (χ0) is 16.5. The SMILES string of the molecule is CCC1CCC(N(C(=O)c2csc(-c3cccs3)n2)C2CC2)CC1. The molecule has 2 aliphatic carbocycles. The predicted molar refractivity (Wildman–Crippen MR) is 101 cm³/mol. The van der Waals surface area contributed by atoms with Crippen LogP contribution in [0.1, 0.15) is 62.4 Å². The maximum Gasteiger partial charge on any atom is 0.273 e. The third kappa shape index (κ3) is 3.29. The lowest BCUT2D eigenvalue weighted by Crippen LogP contribution is -2.44. The maximum absolute atomic E-state index is 13.1. The average Bonchev–Trinajstić information content (AvgIpc) is 3.11. The van der Waals surface area contributed by atoms with E-state index in [1.54, 1.807) is 22.7 Å². The minimum absolute atomic E-state index is 0.163. The summed E-state index contributed by atoms with van der Waals surface area (Å²) in [7, 11) is 0. The van der Waals surface area contributed by atoms with E-state index in [2.05, 4.69) is 28.3 Å².